The second-order valence-electron chi connectivity index (χ2n) is 10.0. The molecule has 198 valence electrons. The first kappa shape index (κ1) is 26.0. The lowest BCUT2D eigenvalue weighted by molar-refractivity contribution is 0.0763. The summed E-state index contributed by atoms with van der Waals surface area (Å²) < 4.78 is 7.27. The number of amides is 1. The molecule has 5 rings (SSSR count). The van der Waals surface area contributed by atoms with Crippen molar-refractivity contribution in [3.05, 3.63) is 71.1 Å². The number of aromatic nitrogens is 4. The van der Waals surface area contributed by atoms with Crippen molar-refractivity contribution in [3.63, 3.8) is 0 Å². The van der Waals surface area contributed by atoms with E-state index in [4.69, 9.17) is 26.3 Å². The second kappa shape index (κ2) is 11.4. The van der Waals surface area contributed by atoms with E-state index in [2.05, 4.69) is 23.8 Å². The Morgan fingerprint density at radius 3 is 2.68 bits per heavy atom. The molecule has 1 aliphatic heterocycles. The number of benzene rings is 2. The van der Waals surface area contributed by atoms with Gasteiger partial charge in [0.2, 0.25) is 0 Å². The average molecular weight is 533 g/mol. The smallest absolute Gasteiger partial charge is 0.257 e. The lowest BCUT2D eigenvalue weighted by Gasteiger charge is -2.24. The molecule has 0 radical (unpaired) electrons. The highest BCUT2D eigenvalue weighted by Crippen LogP contribution is 2.28. The third-order valence-electron chi connectivity index (χ3n) is 6.87. The molecule has 9 heteroatoms. The highest BCUT2D eigenvalue weighted by molar-refractivity contribution is 6.30. The first-order chi connectivity index (χ1) is 18.4. The number of halogens is 1. The maximum absolute atomic E-state index is 13.4. The minimum Gasteiger partial charge on any atom is -0.496 e. The van der Waals surface area contributed by atoms with Crippen LogP contribution in [0.4, 0.5) is 5.82 Å². The number of aryl methyl sites for hydroxylation is 1. The largest absolute Gasteiger partial charge is 0.496 e. The number of anilines is 1. The molecule has 1 fully saturated rings. The number of ether oxygens (including phenoxy) is 1. The lowest BCUT2D eigenvalue weighted by atomic mass is 10.1. The molecular formula is C29H33ClN6O2. The van der Waals surface area contributed by atoms with Crippen LogP contribution in [0.15, 0.2) is 54.7 Å². The highest BCUT2D eigenvalue weighted by Gasteiger charge is 2.25. The van der Waals surface area contributed by atoms with Crippen molar-refractivity contribution in [1.82, 2.24) is 24.6 Å². The fraction of sp³-hybridized carbons (Fsp3) is 0.379. The number of methoxy groups -OCH3 is 1. The van der Waals surface area contributed by atoms with Gasteiger partial charge in [0.1, 0.15) is 17.4 Å². The molecule has 0 unspecified atom stereocenters. The van der Waals surface area contributed by atoms with Crippen molar-refractivity contribution in [2.24, 2.45) is 5.92 Å². The molecular weight excluding hydrogens is 500 g/mol. The average Bonchev–Trinajstić information content (AvgIpc) is 3.20. The summed E-state index contributed by atoms with van der Waals surface area (Å²) in [5.74, 6) is 2.80. The Morgan fingerprint density at radius 2 is 1.89 bits per heavy atom. The number of hydrogen-bond acceptors (Lipinski definition) is 6. The Labute approximate surface area is 228 Å². The monoisotopic (exact) mass is 532 g/mol. The minimum atomic E-state index is -0.0106. The van der Waals surface area contributed by atoms with Crippen LogP contribution in [-0.4, -0.2) is 63.8 Å². The van der Waals surface area contributed by atoms with E-state index in [0.29, 0.717) is 41.9 Å². The summed E-state index contributed by atoms with van der Waals surface area (Å²) in [6, 6.07) is 15.0. The summed E-state index contributed by atoms with van der Waals surface area (Å²) >= 11 is 6.28. The van der Waals surface area contributed by atoms with Gasteiger partial charge in [0.25, 0.3) is 5.91 Å². The quantitative estimate of drug-likeness (QED) is 0.316. The van der Waals surface area contributed by atoms with Crippen LogP contribution in [0.25, 0.3) is 16.7 Å². The van der Waals surface area contributed by atoms with Gasteiger partial charge >= 0.3 is 0 Å². The van der Waals surface area contributed by atoms with E-state index >= 15 is 0 Å². The van der Waals surface area contributed by atoms with Gasteiger partial charge in [-0.05, 0) is 49.1 Å². The maximum atomic E-state index is 13.4. The predicted molar refractivity (Wildman–Crippen MR) is 151 cm³/mol. The van der Waals surface area contributed by atoms with E-state index in [1.165, 1.54) is 0 Å². The van der Waals surface area contributed by atoms with E-state index < -0.39 is 0 Å². The molecule has 4 aromatic rings. The minimum absolute atomic E-state index is 0.0106. The second-order valence-corrected chi connectivity index (χ2v) is 10.4. The molecule has 0 saturated carbocycles. The van der Waals surface area contributed by atoms with E-state index in [1.807, 2.05) is 64.3 Å². The highest BCUT2D eigenvalue weighted by atomic mass is 35.5. The molecule has 8 nitrogen and oxygen atoms in total. The third-order valence-corrected chi connectivity index (χ3v) is 7.11. The van der Waals surface area contributed by atoms with Gasteiger partial charge in [-0.3, -0.25) is 4.79 Å². The topological polar surface area (TPSA) is 76.4 Å². The Bertz CT molecular complexity index is 1440. The molecule has 0 spiro atoms. The van der Waals surface area contributed by atoms with E-state index in [0.717, 1.165) is 54.2 Å². The van der Waals surface area contributed by atoms with Gasteiger partial charge in [0, 0.05) is 37.6 Å². The van der Waals surface area contributed by atoms with Crippen LogP contribution in [0.1, 0.15) is 42.9 Å². The normalized spacial score (nSPS) is 14.2. The first-order valence-electron chi connectivity index (χ1n) is 13.1. The summed E-state index contributed by atoms with van der Waals surface area (Å²) in [5.41, 5.74) is 2.21. The number of fused-ring (bicyclic) bond motifs is 1. The van der Waals surface area contributed by atoms with Crippen molar-refractivity contribution in [1.29, 1.82) is 0 Å². The van der Waals surface area contributed by atoms with Gasteiger partial charge in [-0.15, -0.1) is 0 Å². The van der Waals surface area contributed by atoms with Crippen LogP contribution in [0, 0.1) is 5.92 Å². The maximum Gasteiger partial charge on any atom is 0.257 e. The fourth-order valence-electron chi connectivity index (χ4n) is 4.83. The summed E-state index contributed by atoms with van der Waals surface area (Å²) in [6.07, 6.45) is 4.45. The van der Waals surface area contributed by atoms with E-state index in [9.17, 15) is 4.79 Å². The van der Waals surface area contributed by atoms with Crippen molar-refractivity contribution >= 4 is 34.4 Å². The first-order valence-corrected chi connectivity index (χ1v) is 13.5. The SMILES string of the molecule is COc1ccccc1C(=O)N1CCCN(c2nc(CCC(C)C)nc3c2cnn3-c2cccc(Cl)c2)CC1. The summed E-state index contributed by atoms with van der Waals surface area (Å²) in [6.45, 7) is 7.12. The van der Waals surface area contributed by atoms with E-state index in [1.54, 1.807) is 7.11 Å². The Balaban J connectivity index is 1.47. The molecule has 0 N–H and O–H groups in total. The number of rotatable bonds is 7. The molecule has 2 aromatic carbocycles. The summed E-state index contributed by atoms with van der Waals surface area (Å²) in [5, 5.41) is 6.21. The Morgan fingerprint density at radius 1 is 1.05 bits per heavy atom. The summed E-state index contributed by atoms with van der Waals surface area (Å²) in [7, 11) is 1.59. The zero-order chi connectivity index (χ0) is 26.6. The Hall–Kier alpha value is -3.65. The van der Waals surface area contributed by atoms with Gasteiger partial charge in [0.15, 0.2) is 5.65 Å². The number of para-hydroxylation sites is 1. The molecule has 1 saturated heterocycles. The van der Waals surface area contributed by atoms with Gasteiger partial charge in [0.05, 0.1) is 29.9 Å². The number of carbonyl (C=O) groups is 1. The van der Waals surface area contributed by atoms with Crippen LogP contribution in [0.2, 0.25) is 5.02 Å². The van der Waals surface area contributed by atoms with Crippen LogP contribution in [0.5, 0.6) is 5.75 Å². The molecule has 3 heterocycles. The van der Waals surface area contributed by atoms with Crippen LogP contribution in [-0.2, 0) is 6.42 Å². The van der Waals surface area contributed by atoms with Crippen molar-refractivity contribution in [3.8, 4) is 11.4 Å². The Kier molecular flexibility index (Phi) is 7.79. The van der Waals surface area contributed by atoms with Gasteiger partial charge in [-0.25, -0.2) is 14.6 Å². The van der Waals surface area contributed by atoms with E-state index in [-0.39, 0.29) is 5.91 Å². The molecule has 2 aromatic heterocycles. The molecule has 1 aliphatic rings. The molecule has 38 heavy (non-hydrogen) atoms. The zero-order valence-electron chi connectivity index (χ0n) is 22.1. The predicted octanol–water partition coefficient (Wildman–Crippen LogP) is 5.42. The summed E-state index contributed by atoms with van der Waals surface area (Å²) in [4.78, 5) is 27.5. The molecule has 0 aliphatic carbocycles. The van der Waals surface area contributed by atoms with Crippen LogP contribution >= 0.6 is 11.6 Å². The van der Waals surface area contributed by atoms with Gasteiger partial charge < -0.3 is 14.5 Å². The fourth-order valence-corrected chi connectivity index (χ4v) is 5.01. The van der Waals surface area contributed by atoms with Gasteiger partial charge in [-0.2, -0.15) is 5.10 Å². The van der Waals surface area contributed by atoms with Crippen molar-refractivity contribution in [2.45, 2.75) is 33.1 Å². The number of carbonyl (C=O) groups excluding carboxylic acids is 1. The molecule has 1 amide bonds. The molecule has 0 bridgehead atoms. The standard InChI is InChI=1S/C29H33ClN6O2/c1-20(2)12-13-26-32-27(24-19-31-36(28(24)33-26)22-9-6-8-21(30)18-22)34-14-7-15-35(17-16-34)29(37)23-10-4-5-11-25(23)38-3/h4-6,8-11,18-20H,7,12-17H2,1-3H3. The molecule has 0 atom stereocenters. The van der Waals surface area contributed by atoms with Crippen LogP contribution in [0.3, 0.4) is 0 Å². The van der Waals surface area contributed by atoms with Crippen molar-refractivity contribution in [2.75, 3.05) is 38.2 Å². The number of hydrogen-bond donors (Lipinski definition) is 0. The van der Waals surface area contributed by atoms with Gasteiger partial charge in [-0.1, -0.05) is 43.6 Å². The zero-order valence-corrected chi connectivity index (χ0v) is 22.9. The lowest BCUT2D eigenvalue weighted by Crippen LogP contribution is -2.35. The third kappa shape index (κ3) is 5.45. The number of nitrogens with zero attached hydrogens (tertiary/aromatic N) is 6. The van der Waals surface area contributed by atoms with Crippen LogP contribution < -0.4 is 9.64 Å². The van der Waals surface area contributed by atoms with Crippen molar-refractivity contribution < 1.29 is 9.53 Å².